The van der Waals surface area contributed by atoms with Crippen LogP contribution in [0, 0.1) is 0 Å². The predicted molar refractivity (Wildman–Crippen MR) is 153 cm³/mol. The second-order valence-electron chi connectivity index (χ2n) is 10.7. The van der Waals surface area contributed by atoms with E-state index in [1.54, 1.807) is 58.0 Å². The lowest BCUT2D eigenvalue weighted by Crippen LogP contribution is -2.43. The second-order valence-corrected chi connectivity index (χ2v) is 11.1. The average molecular weight is 584 g/mol. The van der Waals surface area contributed by atoms with Gasteiger partial charge < -0.3 is 23.5 Å². The molecule has 0 saturated carbocycles. The van der Waals surface area contributed by atoms with Gasteiger partial charge in [-0.2, -0.15) is 4.98 Å². The Hall–Kier alpha value is -4.05. The van der Waals surface area contributed by atoms with Gasteiger partial charge in [0.2, 0.25) is 5.82 Å². The molecule has 0 radical (unpaired) electrons. The van der Waals surface area contributed by atoms with E-state index in [0.717, 1.165) is 0 Å². The first kappa shape index (κ1) is 29.9. The van der Waals surface area contributed by atoms with E-state index in [4.69, 9.17) is 35.1 Å². The van der Waals surface area contributed by atoms with E-state index in [2.05, 4.69) is 10.1 Å². The summed E-state index contributed by atoms with van der Waals surface area (Å²) in [5.41, 5.74) is 1.31. The van der Waals surface area contributed by atoms with Crippen molar-refractivity contribution in [3.63, 3.8) is 0 Å². The molecule has 41 heavy (non-hydrogen) atoms. The average Bonchev–Trinajstić information content (AvgIpc) is 3.31. The molecule has 2 heterocycles. The van der Waals surface area contributed by atoms with Crippen molar-refractivity contribution in [2.24, 2.45) is 0 Å². The SMILES string of the molecule is CCOC(=O)/C=C/C1COc2ccc(-c3noc(-c4ccc(OC(C)C)c(Cl)c4)n3)cc2CN1C(=O)OC(C)(C)C. The summed E-state index contributed by atoms with van der Waals surface area (Å²) in [6.07, 6.45) is 2.33. The Kier molecular flexibility index (Phi) is 9.22. The number of esters is 1. The van der Waals surface area contributed by atoms with Crippen LogP contribution in [-0.4, -0.2) is 58.1 Å². The first-order valence-corrected chi connectivity index (χ1v) is 13.7. The van der Waals surface area contributed by atoms with Crippen molar-refractivity contribution in [1.29, 1.82) is 0 Å². The van der Waals surface area contributed by atoms with E-state index in [1.807, 2.05) is 26.0 Å². The third-order valence-corrected chi connectivity index (χ3v) is 6.10. The van der Waals surface area contributed by atoms with Gasteiger partial charge in [0, 0.05) is 22.8 Å². The molecule has 2 aromatic carbocycles. The van der Waals surface area contributed by atoms with E-state index in [1.165, 1.54) is 11.0 Å². The second kappa shape index (κ2) is 12.6. The number of nitrogens with zero attached hydrogens (tertiary/aromatic N) is 3. The van der Waals surface area contributed by atoms with E-state index in [0.29, 0.717) is 44.9 Å². The van der Waals surface area contributed by atoms with Gasteiger partial charge >= 0.3 is 12.1 Å². The summed E-state index contributed by atoms with van der Waals surface area (Å²) in [4.78, 5) is 31.2. The maximum absolute atomic E-state index is 13.2. The van der Waals surface area contributed by atoms with Crippen molar-refractivity contribution in [3.05, 3.63) is 59.1 Å². The zero-order valence-electron chi connectivity index (χ0n) is 24.0. The van der Waals surface area contributed by atoms with Crippen molar-refractivity contribution >= 4 is 23.7 Å². The topological polar surface area (TPSA) is 113 Å². The van der Waals surface area contributed by atoms with E-state index >= 15 is 0 Å². The van der Waals surface area contributed by atoms with Crippen molar-refractivity contribution in [2.45, 2.75) is 65.8 Å². The standard InChI is InChI=1S/C30H34ClN3O7/c1-7-37-26(35)13-10-22-17-38-24-11-8-19(14-21(24)16-34(22)29(36)40-30(4,5)6)27-32-28(41-33-27)20-9-12-25(23(31)15-20)39-18(2)3/h8-15,18,22H,7,16-17H2,1-6H3/b13-10+. The van der Waals surface area contributed by atoms with Crippen LogP contribution in [0.5, 0.6) is 11.5 Å². The Labute approximate surface area is 244 Å². The van der Waals surface area contributed by atoms with Crippen molar-refractivity contribution in [2.75, 3.05) is 13.2 Å². The summed E-state index contributed by atoms with van der Waals surface area (Å²) in [5, 5.41) is 4.59. The lowest BCUT2D eigenvalue weighted by molar-refractivity contribution is -0.137. The molecule has 1 atom stereocenters. The number of carbonyl (C=O) groups excluding carboxylic acids is 2. The molecule has 1 aromatic heterocycles. The molecule has 11 heteroatoms. The Morgan fingerprint density at radius 3 is 2.61 bits per heavy atom. The lowest BCUT2D eigenvalue weighted by atomic mass is 10.1. The van der Waals surface area contributed by atoms with Crippen LogP contribution in [0.1, 0.15) is 47.1 Å². The summed E-state index contributed by atoms with van der Waals surface area (Å²) in [5.74, 6) is 1.31. The van der Waals surface area contributed by atoms with E-state index in [9.17, 15) is 9.59 Å². The number of amides is 1. The molecular weight excluding hydrogens is 550 g/mol. The fourth-order valence-corrected chi connectivity index (χ4v) is 4.28. The highest BCUT2D eigenvalue weighted by atomic mass is 35.5. The highest BCUT2D eigenvalue weighted by Gasteiger charge is 2.31. The molecule has 0 saturated heterocycles. The summed E-state index contributed by atoms with van der Waals surface area (Å²) >= 11 is 6.39. The molecule has 1 amide bonds. The van der Waals surface area contributed by atoms with Gasteiger partial charge in [0.05, 0.1) is 30.3 Å². The van der Waals surface area contributed by atoms with Crippen molar-refractivity contribution in [3.8, 4) is 34.3 Å². The van der Waals surface area contributed by atoms with Crippen LogP contribution >= 0.6 is 11.6 Å². The van der Waals surface area contributed by atoms with Gasteiger partial charge in [0.15, 0.2) is 0 Å². The van der Waals surface area contributed by atoms with E-state index in [-0.39, 0.29) is 25.9 Å². The van der Waals surface area contributed by atoms with Gasteiger partial charge in [-0.05, 0) is 77.9 Å². The molecule has 1 unspecified atom stereocenters. The quantitative estimate of drug-likeness (QED) is 0.228. The molecule has 0 aliphatic carbocycles. The lowest BCUT2D eigenvalue weighted by Gasteiger charge is -2.30. The fourth-order valence-electron chi connectivity index (χ4n) is 4.05. The van der Waals surface area contributed by atoms with Crippen LogP contribution in [0.2, 0.25) is 5.02 Å². The minimum Gasteiger partial charge on any atom is -0.491 e. The van der Waals surface area contributed by atoms with Gasteiger partial charge in [-0.15, -0.1) is 0 Å². The first-order valence-electron chi connectivity index (χ1n) is 13.3. The highest BCUT2D eigenvalue weighted by Crippen LogP contribution is 2.33. The molecule has 0 N–H and O–H groups in total. The molecule has 10 nitrogen and oxygen atoms in total. The van der Waals surface area contributed by atoms with Gasteiger partial charge in [0.1, 0.15) is 23.7 Å². The molecule has 1 aliphatic rings. The molecule has 0 spiro atoms. The number of fused-ring (bicyclic) bond motifs is 1. The molecule has 218 valence electrons. The van der Waals surface area contributed by atoms with Crippen molar-refractivity contribution < 1.29 is 33.1 Å². The maximum atomic E-state index is 13.2. The fraction of sp³-hybridized carbons (Fsp3) is 0.400. The number of rotatable bonds is 7. The molecule has 0 bridgehead atoms. The van der Waals surface area contributed by atoms with Gasteiger partial charge in [-0.25, -0.2) is 9.59 Å². The van der Waals surface area contributed by atoms with Crippen LogP contribution in [0.4, 0.5) is 4.79 Å². The number of ether oxygens (including phenoxy) is 4. The van der Waals surface area contributed by atoms with Crippen molar-refractivity contribution in [1.82, 2.24) is 15.0 Å². The molecule has 4 rings (SSSR count). The number of halogens is 1. The first-order chi connectivity index (χ1) is 19.4. The van der Waals surface area contributed by atoms with Gasteiger partial charge in [-0.1, -0.05) is 22.8 Å². The summed E-state index contributed by atoms with van der Waals surface area (Å²) in [7, 11) is 0. The zero-order chi connectivity index (χ0) is 29.7. The molecular formula is C30H34ClN3O7. The maximum Gasteiger partial charge on any atom is 0.411 e. The van der Waals surface area contributed by atoms with E-state index < -0.39 is 23.7 Å². The highest BCUT2D eigenvalue weighted by molar-refractivity contribution is 6.32. The third-order valence-electron chi connectivity index (χ3n) is 5.81. The summed E-state index contributed by atoms with van der Waals surface area (Å²) in [6, 6.07) is 10.1. The number of benzene rings is 2. The monoisotopic (exact) mass is 583 g/mol. The molecule has 0 fully saturated rings. The Morgan fingerprint density at radius 1 is 1.17 bits per heavy atom. The zero-order valence-corrected chi connectivity index (χ0v) is 24.7. The summed E-state index contributed by atoms with van der Waals surface area (Å²) in [6.45, 7) is 11.5. The summed E-state index contributed by atoms with van der Waals surface area (Å²) < 4.78 is 27.9. The number of hydrogen-bond donors (Lipinski definition) is 0. The minimum atomic E-state index is -0.715. The van der Waals surface area contributed by atoms with Crippen LogP contribution in [-0.2, 0) is 20.8 Å². The Balaban J connectivity index is 1.61. The molecule has 3 aromatic rings. The Morgan fingerprint density at radius 2 is 1.93 bits per heavy atom. The van der Waals surface area contributed by atoms with Crippen LogP contribution in [0.15, 0.2) is 53.1 Å². The normalized spacial score (nSPS) is 15.3. The number of aromatic nitrogens is 2. The number of hydrogen-bond acceptors (Lipinski definition) is 9. The number of carbonyl (C=O) groups is 2. The largest absolute Gasteiger partial charge is 0.491 e. The van der Waals surface area contributed by atoms with Crippen LogP contribution in [0.25, 0.3) is 22.8 Å². The van der Waals surface area contributed by atoms with Crippen LogP contribution in [0.3, 0.4) is 0 Å². The Bertz CT molecular complexity index is 1430. The van der Waals surface area contributed by atoms with Gasteiger partial charge in [-0.3, -0.25) is 4.90 Å². The van der Waals surface area contributed by atoms with Crippen LogP contribution < -0.4 is 9.47 Å². The smallest absolute Gasteiger partial charge is 0.411 e. The molecule has 1 aliphatic heterocycles. The van der Waals surface area contributed by atoms with Gasteiger partial charge in [0.25, 0.3) is 5.89 Å². The predicted octanol–water partition coefficient (Wildman–Crippen LogP) is 6.46. The minimum absolute atomic E-state index is 0.0133. The third kappa shape index (κ3) is 7.79.